The lowest BCUT2D eigenvalue weighted by Crippen LogP contribution is -2.48. The number of benzene rings is 1. The molecule has 3 aliphatic rings. The molecule has 2 aromatic rings. The molecule has 8 heteroatoms. The van der Waals surface area contributed by atoms with Gasteiger partial charge in [-0.1, -0.05) is 25.1 Å². The second kappa shape index (κ2) is 6.78. The van der Waals surface area contributed by atoms with Gasteiger partial charge in [0.05, 0.1) is 30.0 Å². The molecule has 8 nitrogen and oxygen atoms in total. The van der Waals surface area contributed by atoms with Gasteiger partial charge in [-0.15, -0.1) is 0 Å². The number of cyclic esters (lactones) is 1. The molecule has 1 spiro atoms. The number of rotatable bonds is 3. The molecule has 0 saturated carbocycles. The van der Waals surface area contributed by atoms with Gasteiger partial charge in [-0.2, -0.15) is 0 Å². The third kappa shape index (κ3) is 2.57. The van der Waals surface area contributed by atoms with Crippen LogP contribution in [0, 0.1) is 0 Å². The van der Waals surface area contributed by atoms with Crippen LogP contribution in [0.2, 0.25) is 0 Å². The molecule has 0 amide bonds. The Bertz CT molecular complexity index is 1080. The first-order valence-electron chi connectivity index (χ1n) is 10.0. The van der Waals surface area contributed by atoms with Crippen LogP contribution in [0.4, 0.5) is 0 Å². The second-order valence-electron chi connectivity index (χ2n) is 7.59. The molecule has 1 aromatic carbocycles. The molecular weight excluding hydrogens is 390 g/mol. The highest BCUT2D eigenvalue weighted by Gasteiger charge is 2.53. The number of hydrogen-bond acceptors (Lipinski definition) is 7. The van der Waals surface area contributed by atoms with Crippen LogP contribution in [0.3, 0.4) is 0 Å². The average molecular weight is 411 g/mol. The van der Waals surface area contributed by atoms with Gasteiger partial charge in [-0.05, 0) is 24.6 Å². The van der Waals surface area contributed by atoms with E-state index in [4.69, 9.17) is 18.9 Å². The fraction of sp³-hybridized carbons (Fsp3) is 0.409. The van der Waals surface area contributed by atoms with Crippen LogP contribution in [0.1, 0.15) is 46.9 Å². The van der Waals surface area contributed by atoms with Gasteiger partial charge in [0.25, 0.3) is 5.56 Å². The van der Waals surface area contributed by atoms with E-state index in [1.54, 1.807) is 47.9 Å². The summed E-state index contributed by atoms with van der Waals surface area (Å²) in [4.78, 5) is 39.0. The van der Waals surface area contributed by atoms with Gasteiger partial charge in [-0.25, -0.2) is 9.59 Å². The first-order valence-corrected chi connectivity index (χ1v) is 10.0. The number of esters is 2. The highest BCUT2D eigenvalue weighted by Crippen LogP contribution is 2.44. The zero-order valence-electron chi connectivity index (χ0n) is 16.5. The molecule has 1 unspecified atom stereocenters. The summed E-state index contributed by atoms with van der Waals surface area (Å²) in [6, 6.07) is 10.1. The standard InChI is InChI=1S/C22H21NO7/c1-2-21(30-19(25)14-6-4-3-5-7-14)16-12-17-22(28-10-11-29-22)8-9-23(17)18(24)15(16)13-27-20(21)26/h3-7,12H,2,8-11,13H2,1H3. The van der Waals surface area contributed by atoms with Crippen LogP contribution >= 0.6 is 0 Å². The molecule has 30 heavy (non-hydrogen) atoms. The van der Waals surface area contributed by atoms with Crippen molar-refractivity contribution in [2.24, 2.45) is 0 Å². The highest BCUT2D eigenvalue weighted by atomic mass is 16.7. The Kier molecular flexibility index (Phi) is 4.30. The third-order valence-corrected chi connectivity index (χ3v) is 6.10. The number of fused-ring (bicyclic) bond motifs is 3. The van der Waals surface area contributed by atoms with E-state index >= 15 is 0 Å². The summed E-state index contributed by atoms with van der Waals surface area (Å²) >= 11 is 0. The predicted octanol–water partition coefficient (Wildman–Crippen LogP) is 1.97. The first kappa shape index (κ1) is 19.0. The van der Waals surface area contributed by atoms with Gasteiger partial charge in [0.2, 0.25) is 11.4 Å². The van der Waals surface area contributed by atoms with E-state index in [9.17, 15) is 14.4 Å². The van der Waals surface area contributed by atoms with Gasteiger partial charge < -0.3 is 23.5 Å². The van der Waals surface area contributed by atoms with Crippen LogP contribution in [-0.4, -0.2) is 29.7 Å². The fourth-order valence-corrected chi connectivity index (χ4v) is 4.52. The lowest BCUT2D eigenvalue weighted by Gasteiger charge is -2.36. The van der Waals surface area contributed by atoms with Crippen molar-refractivity contribution in [3.63, 3.8) is 0 Å². The predicted molar refractivity (Wildman–Crippen MR) is 103 cm³/mol. The SMILES string of the molecule is CCC1(OC(=O)c2ccccc2)C(=O)OCc2c1cc1n(c2=O)CCC12OCCO2. The summed E-state index contributed by atoms with van der Waals surface area (Å²) in [5, 5.41) is 0. The quantitative estimate of drug-likeness (QED) is 0.713. The number of carbonyl (C=O) groups excluding carboxylic acids is 2. The topological polar surface area (TPSA) is 93.1 Å². The lowest BCUT2D eigenvalue weighted by molar-refractivity contribution is -0.174. The van der Waals surface area contributed by atoms with E-state index in [2.05, 4.69) is 0 Å². The summed E-state index contributed by atoms with van der Waals surface area (Å²) < 4.78 is 24.4. The Morgan fingerprint density at radius 3 is 2.60 bits per heavy atom. The normalized spacial score (nSPS) is 23.7. The van der Waals surface area contributed by atoms with Crippen LogP contribution < -0.4 is 5.56 Å². The van der Waals surface area contributed by atoms with Crippen LogP contribution in [0.5, 0.6) is 0 Å². The zero-order chi connectivity index (χ0) is 20.9. The maximum absolute atomic E-state index is 13.2. The maximum atomic E-state index is 13.2. The van der Waals surface area contributed by atoms with E-state index in [0.29, 0.717) is 48.6 Å². The molecule has 156 valence electrons. The largest absolute Gasteiger partial charge is 0.457 e. The van der Waals surface area contributed by atoms with Crippen molar-refractivity contribution in [3.05, 3.63) is 69.1 Å². The minimum atomic E-state index is -1.71. The maximum Gasteiger partial charge on any atom is 0.355 e. The number of pyridine rings is 1. The van der Waals surface area contributed by atoms with Crippen LogP contribution in [0.15, 0.2) is 41.2 Å². The fourth-order valence-electron chi connectivity index (χ4n) is 4.52. The Morgan fingerprint density at radius 2 is 1.90 bits per heavy atom. The Labute approximate surface area is 172 Å². The van der Waals surface area contributed by atoms with Crippen LogP contribution in [0.25, 0.3) is 0 Å². The summed E-state index contributed by atoms with van der Waals surface area (Å²) in [7, 11) is 0. The number of aromatic nitrogens is 1. The molecule has 0 bridgehead atoms. The highest BCUT2D eigenvalue weighted by molar-refractivity contribution is 5.93. The first-order chi connectivity index (χ1) is 14.5. The van der Waals surface area contributed by atoms with Gasteiger partial charge in [0.15, 0.2) is 0 Å². The number of carbonyl (C=O) groups is 2. The number of ether oxygens (including phenoxy) is 4. The van der Waals surface area contributed by atoms with Crippen molar-refractivity contribution >= 4 is 11.9 Å². The molecular formula is C22H21NO7. The summed E-state index contributed by atoms with van der Waals surface area (Å²) in [5.41, 5.74) is -0.468. The van der Waals surface area contributed by atoms with Crippen molar-refractivity contribution in [3.8, 4) is 0 Å². The molecule has 0 aliphatic carbocycles. The van der Waals surface area contributed by atoms with Gasteiger partial charge in [-0.3, -0.25) is 4.79 Å². The summed E-state index contributed by atoms with van der Waals surface area (Å²) in [6.45, 7) is 2.85. The van der Waals surface area contributed by atoms with Gasteiger partial charge in [0.1, 0.15) is 6.61 Å². The van der Waals surface area contributed by atoms with Crippen molar-refractivity contribution in [2.75, 3.05) is 13.2 Å². The molecule has 3 aliphatic heterocycles. The monoisotopic (exact) mass is 411 g/mol. The van der Waals surface area contributed by atoms with E-state index in [1.807, 2.05) is 0 Å². The third-order valence-electron chi connectivity index (χ3n) is 6.10. The van der Waals surface area contributed by atoms with Crippen molar-refractivity contribution in [2.45, 2.75) is 44.3 Å². The summed E-state index contributed by atoms with van der Waals surface area (Å²) in [5.74, 6) is -2.35. The van der Waals surface area contributed by atoms with E-state index in [-0.39, 0.29) is 18.6 Å². The Balaban J connectivity index is 1.66. The molecule has 1 atom stereocenters. The smallest absolute Gasteiger partial charge is 0.355 e. The van der Waals surface area contributed by atoms with E-state index < -0.39 is 23.3 Å². The van der Waals surface area contributed by atoms with Crippen molar-refractivity contribution in [1.82, 2.24) is 4.57 Å². The van der Waals surface area contributed by atoms with Crippen LogP contribution in [-0.2, 0) is 48.3 Å². The van der Waals surface area contributed by atoms with Gasteiger partial charge in [0, 0.05) is 18.5 Å². The minimum absolute atomic E-state index is 0.120. The van der Waals surface area contributed by atoms with E-state index in [0.717, 1.165) is 0 Å². The second-order valence-corrected chi connectivity index (χ2v) is 7.59. The number of nitrogens with zero attached hydrogens (tertiary/aromatic N) is 1. The Hall–Kier alpha value is -2.97. The zero-order valence-corrected chi connectivity index (χ0v) is 16.5. The number of hydrogen-bond donors (Lipinski definition) is 0. The van der Waals surface area contributed by atoms with E-state index in [1.165, 1.54) is 0 Å². The minimum Gasteiger partial charge on any atom is -0.457 e. The molecule has 0 N–H and O–H groups in total. The molecule has 0 radical (unpaired) electrons. The molecule has 1 fully saturated rings. The molecule has 1 aromatic heterocycles. The van der Waals surface area contributed by atoms with Crippen molar-refractivity contribution < 1.29 is 28.5 Å². The average Bonchev–Trinajstić information content (AvgIpc) is 3.39. The molecule has 5 rings (SSSR count). The lowest BCUT2D eigenvalue weighted by atomic mass is 9.85. The van der Waals surface area contributed by atoms with Crippen molar-refractivity contribution in [1.29, 1.82) is 0 Å². The van der Waals surface area contributed by atoms with Gasteiger partial charge >= 0.3 is 11.9 Å². The molecule has 1 saturated heterocycles. The Morgan fingerprint density at radius 1 is 1.17 bits per heavy atom. The molecule has 4 heterocycles. The summed E-state index contributed by atoms with van der Waals surface area (Å²) in [6.07, 6.45) is 0.623.